The fraction of sp³-hybridized carbons (Fsp3) is 0.500. The van der Waals surface area contributed by atoms with Crippen molar-refractivity contribution in [2.24, 2.45) is 0 Å². The number of rotatable bonds is 2. The summed E-state index contributed by atoms with van der Waals surface area (Å²) in [6.45, 7) is 4.27. The van der Waals surface area contributed by atoms with Gasteiger partial charge < -0.3 is 14.7 Å². The van der Waals surface area contributed by atoms with Gasteiger partial charge in [0.25, 0.3) is 5.91 Å². The van der Waals surface area contributed by atoms with Crippen molar-refractivity contribution >= 4 is 13.0 Å². The summed E-state index contributed by atoms with van der Waals surface area (Å²) in [6, 6.07) is 8.19. The first-order chi connectivity index (χ1) is 9.16. The van der Waals surface area contributed by atoms with Crippen LogP contribution in [0.25, 0.3) is 0 Å². The topological polar surface area (TPSA) is 43.8 Å². The third-order valence-electron chi connectivity index (χ3n) is 4.32. The number of nitrogens with zero attached hydrogens (tertiary/aromatic N) is 2. The molecule has 100 valence electrons. The number of benzene rings is 1. The highest BCUT2D eigenvalue weighted by Gasteiger charge is 2.34. The van der Waals surface area contributed by atoms with E-state index in [1.54, 1.807) is 6.82 Å². The van der Waals surface area contributed by atoms with E-state index in [9.17, 15) is 9.82 Å². The fourth-order valence-corrected chi connectivity index (χ4v) is 3.14. The maximum Gasteiger partial charge on any atom is 0.376 e. The molecule has 4 nitrogen and oxygen atoms in total. The number of fused-ring (bicyclic) bond motifs is 1. The molecule has 1 aromatic rings. The van der Waals surface area contributed by atoms with Crippen molar-refractivity contribution in [1.29, 1.82) is 0 Å². The standard InChI is InChI=1S/C14H19BN2O2/c1-15(19)16-8-6-12(7-9-16)17-10-11-4-2-3-5-13(11)14(17)18/h2-5,12,19H,6-10H2,1H3. The average molecular weight is 258 g/mol. The molecule has 1 amide bonds. The SMILES string of the molecule is CB(O)N1CCC(N2Cc3ccccc3C2=O)CC1. The molecule has 0 atom stereocenters. The predicted octanol–water partition coefficient (Wildman–Crippen LogP) is 1.22. The monoisotopic (exact) mass is 258 g/mol. The summed E-state index contributed by atoms with van der Waals surface area (Å²) >= 11 is 0. The van der Waals surface area contributed by atoms with Crippen molar-refractivity contribution in [3.05, 3.63) is 35.4 Å². The highest BCUT2D eigenvalue weighted by Crippen LogP contribution is 2.28. The maximum absolute atomic E-state index is 12.4. The normalized spacial score (nSPS) is 20.7. The summed E-state index contributed by atoms with van der Waals surface area (Å²) < 4.78 is 0. The van der Waals surface area contributed by atoms with Gasteiger partial charge in [-0.1, -0.05) is 18.2 Å². The van der Waals surface area contributed by atoms with E-state index >= 15 is 0 Å². The first kappa shape index (κ1) is 12.7. The van der Waals surface area contributed by atoms with Crippen LogP contribution in [0.5, 0.6) is 0 Å². The molecule has 0 aromatic heterocycles. The van der Waals surface area contributed by atoms with Crippen LogP contribution in [0.4, 0.5) is 0 Å². The van der Waals surface area contributed by atoms with Crippen LogP contribution >= 0.6 is 0 Å². The van der Waals surface area contributed by atoms with Crippen molar-refractivity contribution < 1.29 is 9.82 Å². The smallest absolute Gasteiger partial charge is 0.376 e. The number of amides is 1. The minimum absolute atomic E-state index is 0.172. The van der Waals surface area contributed by atoms with Crippen LogP contribution < -0.4 is 0 Å². The Labute approximate surface area is 114 Å². The molecule has 2 aliphatic rings. The van der Waals surface area contributed by atoms with Crippen molar-refractivity contribution in [1.82, 2.24) is 9.71 Å². The molecule has 0 bridgehead atoms. The molecule has 0 unspecified atom stereocenters. The van der Waals surface area contributed by atoms with E-state index in [2.05, 4.69) is 4.81 Å². The summed E-state index contributed by atoms with van der Waals surface area (Å²) in [5.41, 5.74) is 2.01. The quantitative estimate of drug-likeness (QED) is 0.811. The molecular weight excluding hydrogens is 239 g/mol. The minimum atomic E-state index is -0.382. The largest absolute Gasteiger partial charge is 0.437 e. The number of carbonyl (C=O) groups is 1. The summed E-state index contributed by atoms with van der Waals surface area (Å²) in [7, 11) is -0.382. The van der Waals surface area contributed by atoms with Gasteiger partial charge in [0, 0.05) is 18.2 Å². The Morgan fingerprint density at radius 1 is 1.26 bits per heavy atom. The molecule has 0 radical (unpaired) electrons. The van der Waals surface area contributed by atoms with E-state index in [1.807, 2.05) is 29.2 Å². The summed E-state index contributed by atoms with van der Waals surface area (Å²) in [5, 5.41) is 9.57. The van der Waals surface area contributed by atoms with E-state index in [0.717, 1.165) is 43.6 Å². The zero-order valence-corrected chi connectivity index (χ0v) is 11.2. The van der Waals surface area contributed by atoms with Crippen molar-refractivity contribution in [3.63, 3.8) is 0 Å². The lowest BCUT2D eigenvalue weighted by Crippen LogP contribution is -2.49. The van der Waals surface area contributed by atoms with Crippen molar-refractivity contribution in [2.75, 3.05) is 13.1 Å². The Morgan fingerprint density at radius 2 is 1.95 bits per heavy atom. The van der Waals surface area contributed by atoms with Gasteiger partial charge in [-0.25, -0.2) is 0 Å². The van der Waals surface area contributed by atoms with Crippen LogP contribution in [0.1, 0.15) is 28.8 Å². The molecule has 2 aliphatic heterocycles. The molecule has 2 heterocycles. The molecule has 0 spiro atoms. The lowest BCUT2D eigenvalue weighted by molar-refractivity contribution is 0.0636. The second-order valence-corrected chi connectivity index (χ2v) is 5.49. The molecule has 0 aliphatic carbocycles. The Bertz CT molecular complexity index is 484. The van der Waals surface area contributed by atoms with Gasteiger partial charge in [0.05, 0.1) is 0 Å². The molecule has 5 heteroatoms. The molecule has 3 rings (SSSR count). The second-order valence-electron chi connectivity index (χ2n) is 5.49. The van der Waals surface area contributed by atoms with E-state index in [4.69, 9.17) is 0 Å². The predicted molar refractivity (Wildman–Crippen MR) is 74.7 cm³/mol. The summed E-state index contributed by atoms with van der Waals surface area (Å²) in [5.74, 6) is 0.172. The molecule has 0 saturated carbocycles. The zero-order valence-electron chi connectivity index (χ0n) is 11.2. The number of hydrogen-bond acceptors (Lipinski definition) is 3. The molecule has 1 aromatic carbocycles. The van der Waals surface area contributed by atoms with Crippen LogP contribution in [0.2, 0.25) is 6.82 Å². The minimum Gasteiger partial charge on any atom is -0.437 e. The van der Waals surface area contributed by atoms with E-state index in [-0.39, 0.29) is 13.0 Å². The first-order valence-corrected chi connectivity index (χ1v) is 6.98. The van der Waals surface area contributed by atoms with Gasteiger partial charge in [0.15, 0.2) is 0 Å². The fourth-order valence-electron chi connectivity index (χ4n) is 3.14. The Kier molecular flexibility index (Phi) is 3.33. The molecular formula is C14H19BN2O2. The lowest BCUT2D eigenvalue weighted by atomic mass is 9.82. The van der Waals surface area contributed by atoms with Crippen molar-refractivity contribution in [2.45, 2.75) is 32.3 Å². The van der Waals surface area contributed by atoms with Crippen LogP contribution in [0.3, 0.4) is 0 Å². The van der Waals surface area contributed by atoms with Gasteiger partial charge >= 0.3 is 7.05 Å². The Balaban J connectivity index is 1.68. The van der Waals surface area contributed by atoms with Crippen LogP contribution in [-0.2, 0) is 6.54 Å². The van der Waals surface area contributed by atoms with Crippen molar-refractivity contribution in [3.8, 4) is 0 Å². The summed E-state index contributed by atoms with van der Waals surface area (Å²) in [4.78, 5) is 16.4. The Morgan fingerprint density at radius 3 is 2.58 bits per heavy atom. The van der Waals surface area contributed by atoms with Crippen LogP contribution in [-0.4, -0.2) is 46.8 Å². The van der Waals surface area contributed by atoms with Crippen LogP contribution in [0, 0.1) is 0 Å². The lowest BCUT2D eigenvalue weighted by Gasteiger charge is -2.37. The third-order valence-corrected chi connectivity index (χ3v) is 4.32. The van der Waals surface area contributed by atoms with E-state index < -0.39 is 0 Å². The van der Waals surface area contributed by atoms with Gasteiger partial charge in [0.2, 0.25) is 0 Å². The zero-order chi connectivity index (χ0) is 13.4. The summed E-state index contributed by atoms with van der Waals surface area (Å²) in [6.07, 6.45) is 1.90. The van der Waals surface area contributed by atoms with E-state index in [1.165, 1.54) is 0 Å². The molecule has 1 saturated heterocycles. The maximum atomic E-state index is 12.4. The molecule has 1 fully saturated rings. The molecule has 1 N–H and O–H groups in total. The number of carbonyl (C=O) groups excluding carboxylic acids is 1. The number of hydrogen-bond donors (Lipinski definition) is 1. The Hall–Kier alpha value is -1.33. The average Bonchev–Trinajstić information content (AvgIpc) is 2.77. The third kappa shape index (κ3) is 2.28. The van der Waals surface area contributed by atoms with Gasteiger partial charge in [0.1, 0.15) is 0 Å². The second kappa shape index (κ2) is 4.98. The van der Waals surface area contributed by atoms with E-state index in [0.29, 0.717) is 6.04 Å². The van der Waals surface area contributed by atoms with Crippen LogP contribution in [0.15, 0.2) is 24.3 Å². The number of piperidine rings is 1. The highest BCUT2D eigenvalue weighted by atomic mass is 16.2. The first-order valence-electron chi connectivity index (χ1n) is 6.98. The van der Waals surface area contributed by atoms with Gasteiger partial charge in [-0.2, -0.15) is 0 Å². The van der Waals surface area contributed by atoms with Gasteiger partial charge in [-0.3, -0.25) is 4.79 Å². The van der Waals surface area contributed by atoms with Gasteiger partial charge in [-0.15, -0.1) is 0 Å². The molecule has 19 heavy (non-hydrogen) atoms. The van der Waals surface area contributed by atoms with Gasteiger partial charge in [-0.05, 0) is 44.4 Å². The highest BCUT2D eigenvalue weighted by molar-refractivity contribution is 6.45.